The molecule has 3 N–H and O–H groups in total. The average molecular weight is 830 g/mol. The van der Waals surface area contributed by atoms with E-state index in [1.54, 1.807) is 0 Å². The van der Waals surface area contributed by atoms with E-state index in [4.69, 9.17) is 0 Å². The summed E-state index contributed by atoms with van der Waals surface area (Å²) in [7, 11) is 0. The van der Waals surface area contributed by atoms with Gasteiger partial charge in [-0.05, 0) is 83.5 Å². The summed E-state index contributed by atoms with van der Waals surface area (Å²) in [5.41, 5.74) is 0. The van der Waals surface area contributed by atoms with Crippen LogP contribution in [0.1, 0.15) is 219 Å². The highest BCUT2D eigenvalue weighted by atomic mass is 16.3. The van der Waals surface area contributed by atoms with E-state index in [1.807, 2.05) is 0 Å². The minimum atomic E-state index is -0.664. The minimum Gasteiger partial charge on any atom is -0.394 e. The van der Waals surface area contributed by atoms with Gasteiger partial charge in [0.15, 0.2) is 0 Å². The number of aliphatic hydroxyl groups excluding tert-OH is 2. The normalized spacial score (nSPS) is 13.9. The molecule has 0 aliphatic heterocycles. The molecule has 60 heavy (non-hydrogen) atoms. The zero-order valence-corrected chi connectivity index (χ0v) is 39.2. The van der Waals surface area contributed by atoms with E-state index in [0.29, 0.717) is 12.8 Å². The second kappa shape index (κ2) is 50.4. The summed E-state index contributed by atoms with van der Waals surface area (Å²) in [6.45, 7) is 4.21. The second-order valence-electron chi connectivity index (χ2n) is 16.5. The number of rotatable bonds is 44. The second-order valence-corrected chi connectivity index (χ2v) is 16.5. The van der Waals surface area contributed by atoms with Crippen molar-refractivity contribution in [2.45, 2.75) is 231 Å². The Morgan fingerprint density at radius 3 is 1.10 bits per heavy atom. The lowest BCUT2D eigenvalue weighted by atomic mass is 10.0. The molecule has 0 aromatic rings. The van der Waals surface area contributed by atoms with Gasteiger partial charge in [-0.3, -0.25) is 4.79 Å². The van der Waals surface area contributed by atoms with Gasteiger partial charge >= 0.3 is 0 Å². The lowest BCUT2D eigenvalue weighted by Gasteiger charge is -2.22. The van der Waals surface area contributed by atoms with Crippen LogP contribution < -0.4 is 5.32 Å². The van der Waals surface area contributed by atoms with Crippen LogP contribution in [-0.2, 0) is 4.79 Å². The monoisotopic (exact) mass is 830 g/mol. The van der Waals surface area contributed by atoms with Crippen molar-refractivity contribution in [2.75, 3.05) is 6.61 Å². The topological polar surface area (TPSA) is 69.6 Å². The summed E-state index contributed by atoms with van der Waals surface area (Å²) in [4.78, 5) is 12.4. The molecule has 0 aliphatic rings. The molecule has 4 nitrogen and oxygen atoms in total. The molecular weight excluding hydrogens is 735 g/mol. The summed E-state index contributed by atoms with van der Waals surface area (Å²) >= 11 is 0. The van der Waals surface area contributed by atoms with Crippen molar-refractivity contribution in [3.8, 4) is 0 Å². The number of hydrogen-bond acceptors (Lipinski definition) is 3. The van der Waals surface area contributed by atoms with Gasteiger partial charge in [-0.1, -0.05) is 239 Å². The van der Waals surface area contributed by atoms with Gasteiger partial charge in [0.05, 0.1) is 18.8 Å². The van der Waals surface area contributed by atoms with Gasteiger partial charge in [0, 0.05) is 6.42 Å². The SMILES string of the molecule is CC/C=C\C/C=C\C/C=C\C/C=C\C/C=C\C/C=C\C/C=C\C/C=C\C/C=C\CCCCCCCCCCCCCC(=O)NC(CO)C(O)CCCCCCCCCCC. The summed E-state index contributed by atoms with van der Waals surface area (Å²) in [5.74, 6) is -0.0418. The molecule has 4 heteroatoms. The highest BCUT2D eigenvalue weighted by Gasteiger charge is 2.20. The van der Waals surface area contributed by atoms with Gasteiger partial charge in [0.25, 0.3) is 0 Å². The standard InChI is InChI=1S/C56H95NO3/c1-3-5-7-9-11-13-14-15-16-17-18-19-20-21-22-23-24-25-26-27-28-29-30-31-32-33-34-35-36-37-38-39-40-41-42-44-46-48-50-52-56(60)57-54(53-58)55(59)51-49-47-45-43-12-10-8-6-4-2/h5,7,11,13,15-16,18-19,21-22,24-25,27-28,30-31,33-34,54-55,58-59H,3-4,6,8-10,12,14,17,20,23,26,29,32,35-53H2,1-2H3,(H,57,60)/b7-5-,13-11-,16-15-,19-18-,22-21-,25-24-,28-27-,31-30-,34-33-. The van der Waals surface area contributed by atoms with E-state index in [-0.39, 0.29) is 12.5 Å². The first-order chi connectivity index (χ1) is 29.7. The van der Waals surface area contributed by atoms with E-state index in [9.17, 15) is 15.0 Å². The van der Waals surface area contributed by atoms with E-state index in [2.05, 4.69) is 129 Å². The number of carbonyl (C=O) groups excluding carboxylic acids is 1. The van der Waals surface area contributed by atoms with E-state index in [1.165, 1.54) is 109 Å². The molecule has 342 valence electrons. The van der Waals surface area contributed by atoms with Crippen molar-refractivity contribution in [2.24, 2.45) is 0 Å². The largest absolute Gasteiger partial charge is 0.394 e. The Labute approximate surface area is 372 Å². The number of hydrogen-bond donors (Lipinski definition) is 3. The van der Waals surface area contributed by atoms with Crippen LogP contribution in [0.3, 0.4) is 0 Å². The van der Waals surface area contributed by atoms with Crippen LogP contribution in [-0.4, -0.2) is 34.9 Å². The first-order valence-corrected chi connectivity index (χ1v) is 25.1. The van der Waals surface area contributed by atoms with Crippen LogP contribution in [0.15, 0.2) is 109 Å². The Balaban J connectivity index is 3.56. The van der Waals surface area contributed by atoms with E-state index < -0.39 is 12.1 Å². The quantitative estimate of drug-likeness (QED) is 0.0423. The number of carbonyl (C=O) groups is 1. The number of allylic oxidation sites excluding steroid dienone is 18. The molecule has 0 heterocycles. The fraction of sp³-hybridized carbons (Fsp3) is 0.661. The van der Waals surface area contributed by atoms with Crippen molar-refractivity contribution in [3.05, 3.63) is 109 Å². The van der Waals surface area contributed by atoms with E-state index >= 15 is 0 Å². The fourth-order valence-electron chi connectivity index (χ4n) is 7.00. The highest BCUT2D eigenvalue weighted by Crippen LogP contribution is 2.15. The summed E-state index contributed by atoms with van der Waals surface area (Å²) in [6, 6.07) is -0.542. The molecule has 0 saturated heterocycles. The van der Waals surface area contributed by atoms with Crippen molar-refractivity contribution >= 4 is 5.91 Å². The maximum absolute atomic E-state index is 12.4. The Hall–Kier alpha value is -2.95. The third-order valence-corrected chi connectivity index (χ3v) is 10.8. The number of aliphatic hydroxyl groups is 2. The molecule has 2 unspecified atom stereocenters. The molecule has 0 aromatic heterocycles. The maximum atomic E-state index is 12.4. The van der Waals surface area contributed by atoms with Crippen LogP contribution in [0, 0.1) is 0 Å². The van der Waals surface area contributed by atoms with Crippen LogP contribution in [0.5, 0.6) is 0 Å². The zero-order chi connectivity index (χ0) is 43.5. The average Bonchev–Trinajstić information content (AvgIpc) is 3.25. The summed E-state index contributed by atoms with van der Waals surface area (Å²) in [6.07, 6.45) is 76.3. The van der Waals surface area contributed by atoms with Crippen molar-refractivity contribution in [1.29, 1.82) is 0 Å². The predicted octanol–water partition coefficient (Wildman–Crippen LogP) is 16.4. The molecule has 0 fully saturated rings. The van der Waals surface area contributed by atoms with E-state index in [0.717, 1.165) is 83.5 Å². The molecule has 0 aliphatic carbocycles. The summed E-state index contributed by atoms with van der Waals surface area (Å²) < 4.78 is 0. The van der Waals surface area contributed by atoms with Gasteiger partial charge in [-0.25, -0.2) is 0 Å². The first kappa shape index (κ1) is 57.1. The number of amides is 1. The van der Waals surface area contributed by atoms with Crippen molar-refractivity contribution in [3.63, 3.8) is 0 Å². The first-order valence-electron chi connectivity index (χ1n) is 25.1. The predicted molar refractivity (Wildman–Crippen MR) is 266 cm³/mol. The van der Waals surface area contributed by atoms with Crippen molar-refractivity contribution in [1.82, 2.24) is 5.32 Å². The Morgan fingerprint density at radius 2 is 0.733 bits per heavy atom. The molecule has 0 saturated carbocycles. The molecule has 0 bridgehead atoms. The Bertz CT molecular complexity index is 1170. The molecule has 1 amide bonds. The van der Waals surface area contributed by atoms with Crippen LogP contribution in [0.25, 0.3) is 0 Å². The smallest absolute Gasteiger partial charge is 0.220 e. The third-order valence-electron chi connectivity index (χ3n) is 10.8. The highest BCUT2D eigenvalue weighted by molar-refractivity contribution is 5.76. The summed E-state index contributed by atoms with van der Waals surface area (Å²) in [5, 5.41) is 23.1. The third kappa shape index (κ3) is 46.1. The van der Waals surface area contributed by atoms with Gasteiger partial charge in [-0.2, -0.15) is 0 Å². The van der Waals surface area contributed by atoms with Crippen LogP contribution >= 0.6 is 0 Å². The zero-order valence-electron chi connectivity index (χ0n) is 39.2. The van der Waals surface area contributed by atoms with Crippen molar-refractivity contribution < 1.29 is 15.0 Å². The molecular formula is C56H95NO3. The molecule has 0 rings (SSSR count). The Morgan fingerprint density at radius 1 is 0.417 bits per heavy atom. The number of nitrogens with one attached hydrogen (secondary N) is 1. The van der Waals surface area contributed by atoms with Gasteiger partial charge in [0.1, 0.15) is 0 Å². The van der Waals surface area contributed by atoms with Gasteiger partial charge in [-0.15, -0.1) is 0 Å². The minimum absolute atomic E-state index is 0.0418. The Kier molecular flexibility index (Phi) is 47.9. The van der Waals surface area contributed by atoms with Crippen LogP contribution in [0.4, 0.5) is 0 Å². The molecule has 0 radical (unpaired) electrons. The fourth-order valence-corrected chi connectivity index (χ4v) is 7.00. The number of unbranched alkanes of at least 4 members (excludes halogenated alkanes) is 19. The van der Waals surface area contributed by atoms with Gasteiger partial charge < -0.3 is 15.5 Å². The van der Waals surface area contributed by atoms with Crippen LogP contribution in [0.2, 0.25) is 0 Å². The lowest BCUT2D eigenvalue weighted by Crippen LogP contribution is -2.45. The lowest BCUT2D eigenvalue weighted by molar-refractivity contribution is -0.123. The maximum Gasteiger partial charge on any atom is 0.220 e. The van der Waals surface area contributed by atoms with Gasteiger partial charge in [0.2, 0.25) is 5.91 Å². The molecule has 0 aromatic carbocycles. The molecule has 2 atom stereocenters. The molecule has 0 spiro atoms.